The lowest BCUT2D eigenvalue weighted by atomic mass is 10.1. The third-order valence-corrected chi connectivity index (χ3v) is 3.04. The second-order valence-corrected chi connectivity index (χ2v) is 4.31. The number of benzene rings is 1. The van der Waals surface area contributed by atoms with E-state index in [1.807, 2.05) is 24.4 Å². The van der Waals surface area contributed by atoms with Gasteiger partial charge < -0.3 is 5.32 Å². The van der Waals surface area contributed by atoms with Gasteiger partial charge in [0.1, 0.15) is 0 Å². The number of anilines is 1. The highest BCUT2D eigenvalue weighted by Crippen LogP contribution is 2.21. The van der Waals surface area contributed by atoms with Crippen LogP contribution in [0.3, 0.4) is 0 Å². The van der Waals surface area contributed by atoms with Crippen LogP contribution in [0.5, 0.6) is 0 Å². The predicted molar refractivity (Wildman–Crippen MR) is 72.1 cm³/mol. The minimum absolute atomic E-state index is 0.521. The Balaban J connectivity index is 2.28. The van der Waals surface area contributed by atoms with Gasteiger partial charge in [-0.05, 0) is 18.9 Å². The lowest BCUT2D eigenvalue weighted by molar-refractivity contribution is 0.623. The quantitative estimate of drug-likeness (QED) is 0.851. The summed E-state index contributed by atoms with van der Waals surface area (Å²) in [6.07, 6.45) is 5.33. The summed E-state index contributed by atoms with van der Waals surface area (Å²) in [4.78, 5) is 0. The maximum absolute atomic E-state index is 4.13. The Bertz CT molecular complexity index is 476. The topological polar surface area (TPSA) is 37.8 Å². The molecule has 0 aliphatic rings. The van der Waals surface area contributed by atoms with E-state index in [1.54, 1.807) is 0 Å². The molecule has 0 radical (unpaired) electrons. The van der Waals surface area contributed by atoms with Crippen LogP contribution in [0, 0.1) is 0 Å². The maximum Gasteiger partial charge on any atom is 0.0950 e. The fourth-order valence-electron chi connectivity index (χ4n) is 2.07. The van der Waals surface area contributed by atoms with Crippen LogP contribution >= 0.6 is 0 Å². The van der Waals surface area contributed by atoms with E-state index in [9.17, 15) is 0 Å². The fraction of sp³-hybridized carbons (Fsp3) is 0.429. The van der Waals surface area contributed by atoms with Crippen molar-refractivity contribution in [3.8, 4) is 0 Å². The minimum atomic E-state index is 0.521. The van der Waals surface area contributed by atoms with Crippen molar-refractivity contribution in [2.75, 3.05) is 5.32 Å². The van der Waals surface area contributed by atoms with Gasteiger partial charge in [0.05, 0.1) is 17.4 Å². The van der Waals surface area contributed by atoms with Gasteiger partial charge in [0.15, 0.2) is 0 Å². The molecule has 0 aliphatic carbocycles. The van der Waals surface area contributed by atoms with E-state index in [1.165, 1.54) is 12.8 Å². The Labute approximate surface area is 102 Å². The Kier molecular flexibility index (Phi) is 3.91. The number of rotatable bonds is 5. The van der Waals surface area contributed by atoms with E-state index >= 15 is 0 Å². The molecule has 1 unspecified atom stereocenters. The molecule has 3 nitrogen and oxygen atoms in total. The van der Waals surface area contributed by atoms with Crippen LogP contribution < -0.4 is 5.32 Å². The summed E-state index contributed by atoms with van der Waals surface area (Å²) in [5, 5.41) is 12.9. The van der Waals surface area contributed by atoms with Crippen molar-refractivity contribution < 1.29 is 0 Å². The van der Waals surface area contributed by atoms with E-state index in [-0.39, 0.29) is 0 Å². The van der Waals surface area contributed by atoms with Crippen molar-refractivity contribution in [3.63, 3.8) is 0 Å². The smallest absolute Gasteiger partial charge is 0.0950 e. The molecule has 2 aromatic rings. The molecule has 90 valence electrons. The predicted octanol–water partition coefficient (Wildman–Crippen LogP) is 3.62. The number of nitrogens with zero attached hydrogens (tertiary/aromatic N) is 2. The molecule has 0 bridgehead atoms. The highest BCUT2D eigenvalue weighted by molar-refractivity contribution is 5.90. The Morgan fingerprint density at radius 2 is 2.06 bits per heavy atom. The van der Waals surface area contributed by atoms with Gasteiger partial charge in [0.25, 0.3) is 0 Å². The van der Waals surface area contributed by atoms with Gasteiger partial charge in [-0.25, -0.2) is 0 Å². The van der Waals surface area contributed by atoms with E-state index in [2.05, 4.69) is 35.4 Å². The molecule has 17 heavy (non-hydrogen) atoms. The number of nitrogens with one attached hydrogen (secondary N) is 1. The van der Waals surface area contributed by atoms with Crippen LogP contribution in [0.4, 0.5) is 5.69 Å². The summed E-state index contributed by atoms with van der Waals surface area (Å²) in [5.74, 6) is 0. The second kappa shape index (κ2) is 5.62. The monoisotopic (exact) mass is 229 g/mol. The Morgan fingerprint density at radius 1 is 1.24 bits per heavy atom. The number of fused-ring (bicyclic) bond motifs is 1. The average Bonchev–Trinajstić information content (AvgIpc) is 2.38. The first kappa shape index (κ1) is 11.8. The standard InChI is InChI=1S/C14H19N3/c1-3-7-11(4-2)16-14-10-15-17-13-9-6-5-8-12(13)14/h5-6,8-11H,3-4,7H2,1-2H3,(H,16,17). The molecule has 2 rings (SSSR count). The summed E-state index contributed by atoms with van der Waals surface area (Å²) < 4.78 is 0. The van der Waals surface area contributed by atoms with Crippen molar-refractivity contribution in [2.24, 2.45) is 0 Å². The Hall–Kier alpha value is -1.64. The first-order chi connectivity index (χ1) is 8.35. The molecule has 0 saturated carbocycles. The summed E-state index contributed by atoms with van der Waals surface area (Å²) in [6.45, 7) is 4.43. The maximum atomic E-state index is 4.13. The van der Waals surface area contributed by atoms with Crippen molar-refractivity contribution in [3.05, 3.63) is 30.5 Å². The van der Waals surface area contributed by atoms with Crippen molar-refractivity contribution in [2.45, 2.75) is 39.2 Å². The largest absolute Gasteiger partial charge is 0.380 e. The van der Waals surface area contributed by atoms with Crippen LogP contribution in [-0.2, 0) is 0 Å². The van der Waals surface area contributed by atoms with Crippen LogP contribution in [0.1, 0.15) is 33.1 Å². The van der Waals surface area contributed by atoms with Crippen LogP contribution in [0.15, 0.2) is 30.5 Å². The lowest BCUT2D eigenvalue weighted by Gasteiger charge is -2.18. The first-order valence-electron chi connectivity index (χ1n) is 6.32. The van der Waals surface area contributed by atoms with E-state index in [0.717, 1.165) is 23.0 Å². The highest BCUT2D eigenvalue weighted by Gasteiger charge is 2.07. The molecule has 1 aromatic heterocycles. The second-order valence-electron chi connectivity index (χ2n) is 4.31. The molecule has 1 N–H and O–H groups in total. The zero-order valence-electron chi connectivity index (χ0n) is 10.5. The molecular weight excluding hydrogens is 210 g/mol. The van der Waals surface area contributed by atoms with E-state index in [4.69, 9.17) is 0 Å². The molecule has 0 amide bonds. The number of hydrogen-bond donors (Lipinski definition) is 1. The van der Waals surface area contributed by atoms with Crippen molar-refractivity contribution in [1.82, 2.24) is 10.2 Å². The summed E-state index contributed by atoms with van der Waals surface area (Å²) in [6, 6.07) is 8.63. The van der Waals surface area contributed by atoms with E-state index < -0.39 is 0 Å². The lowest BCUT2D eigenvalue weighted by Crippen LogP contribution is -2.18. The van der Waals surface area contributed by atoms with Gasteiger partial charge in [-0.15, -0.1) is 0 Å². The molecule has 0 aliphatic heterocycles. The van der Waals surface area contributed by atoms with Gasteiger partial charge in [-0.1, -0.05) is 38.5 Å². The van der Waals surface area contributed by atoms with Crippen LogP contribution in [-0.4, -0.2) is 16.2 Å². The normalized spacial score (nSPS) is 12.6. The fourth-order valence-corrected chi connectivity index (χ4v) is 2.07. The zero-order valence-corrected chi connectivity index (χ0v) is 10.5. The van der Waals surface area contributed by atoms with Gasteiger partial charge in [0.2, 0.25) is 0 Å². The molecule has 0 saturated heterocycles. The molecule has 1 atom stereocenters. The Morgan fingerprint density at radius 3 is 2.82 bits per heavy atom. The molecule has 1 aromatic carbocycles. The van der Waals surface area contributed by atoms with Crippen molar-refractivity contribution >= 4 is 16.6 Å². The molecule has 0 spiro atoms. The first-order valence-corrected chi connectivity index (χ1v) is 6.32. The summed E-state index contributed by atoms with van der Waals surface area (Å²) in [7, 11) is 0. The third kappa shape index (κ3) is 2.73. The zero-order chi connectivity index (χ0) is 12.1. The summed E-state index contributed by atoms with van der Waals surface area (Å²) in [5.41, 5.74) is 2.04. The highest BCUT2D eigenvalue weighted by atomic mass is 15.1. The minimum Gasteiger partial charge on any atom is -0.380 e. The molecular formula is C14H19N3. The molecule has 1 heterocycles. The number of aromatic nitrogens is 2. The third-order valence-electron chi connectivity index (χ3n) is 3.04. The van der Waals surface area contributed by atoms with Gasteiger partial charge in [-0.2, -0.15) is 10.2 Å². The molecule has 3 heteroatoms. The van der Waals surface area contributed by atoms with Crippen LogP contribution in [0.25, 0.3) is 10.9 Å². The van der Waals surface area contributed by atoms with E-state index in [0.29, 0.717) is 6.04 Å². The SMILES string of the molecule is CCCC(CC)Nc1cnnc2ccccc12. The number of hydrogen-bond acceptors (Lipinski definition) is 3. The van der Waals surface area contributed by atoms with Gasteiger partial charge in [0, 0.05) is 11.4 Å². The summed E-state index contributed by atoms with van der Waals surface area (Å²) >= 11 is 0. The average molecular weight is 229 g/mol. The molecule has 0 fully saturated rings. The van der Waals surface area contributed by atoms with Crippen molar-refractivity contribution in [1.29, 1.82) is 0 Å². The van der Waals surface area contributed by atoms with Crippen LogP contribution in [0.2, 0.25) is 0 Å². The van der Waals surface area contributed by atoms with Gasteiger partial charge in [-0.3, -0.25) is 0 Å². The van der Waals surface area contributed by atoms with Gasteiger partial charge >= 0.3 is 0 Å².